The molecule has 460 valence electrons. The number of benzene rings is 3. The Balaban J connectivity index is 0.893. The van der Waals surface area contributed by atoms with Crippen molar-refractivity contribution in [2.24, 2.45) is 17.8 Å². The highest BCUT2D eigenvalue weighted by Crippen LogP contribution is 2.40. The molecule has 0 bridgehead atoms. The van der Waals surface area contributed by atoms with Gasteiger partial charge in [-0.3, -0.25) is 43.2 Å². The molecule has 4 saturated heterocycles. The van der Waals surface area contributed by atoms with Crippen molar-refractivity contribution < 1.29 is 48.3 Å². The first kappa shape index (κ1) is 66.2. The zero-order valence-electron chi connectivity index (χ0n) is 50.7. The van der Waals surface area contributed by atoms with Crippen LogP contribution in [0.2, 0.25) is 0 Å². The number of rotatable bonds is 30. The third kappa shape index (κ3) is 16.8. The van der Waals surface area contributed by atoms with Crippen LogP contribution in [-0.4, -0.2) is 137 Å². The maximum Gasteiger partial charge on any atom is 0.246 e. The van der Waals surface area contributed by atoms with Gasteiger partial charge in [0.15, 0.2) is 17.3 Å². The Kier molecular flexibility index (Phi) is 25.4. The standard InChI is InChI=1S/C69H89N7O10/c1-5-56(70-3)61(80)45-55-49(46-77)34-37-53-39-42-59(76(53)67(55)85)66(84)74-69(50-25-16-12-17-26-50,51-27-18-13-19-28-51)62(81)30-22-44-72-63(82)31-21-10-8-7-9-20-29-54(78)40-35-48-33-36-52-38-41-58(60(79)43-32-47-23-14-11-15-24-47)75(52)68(86)64(48)73-65(83)57(6-2)71-4/h11-19,23-28,48-49,52-53,55-59,64,70-71,77H,5-6,20-22,29-46H2,1-4H3,(H,72,82)(H,73,83)(H,74,84)/t48-,49-,52+,53+,55+,56+,57+,58+,59+,64+/m1/s1. The fourth-order valence-electron chi connectivity index (χ4n) is 13.4. The molecule has 4 fully saturated rings. The van der Waals surface area contributed by atoms with Crippen LogP contribution in [0.5, 0.6) is 0 Å². The molecule has 0 spiro atoms. The Morgan fingerprint density at radius 1 is 0.640 bits per heavy atom. The molecule has 0 aliphatic carbocycles. The van der Waals surface area contributed by atoms with Crippen LogP contribution in [0.15, 0.2) is 91.0 Å². The summed E-state index contributed by atoms with van der Waals surface area (Å²) in [4.78, 5) is 129. The Morgan fingerprint density at radius 2 is 1.20 bits per heavy atom. The van der Waals surface area contributed by atoms with Crippen molar-refractivity contribution in [1.82, 2.24) is 36.4 Å². The SMILES string of the molecule is CC[C@H](NC)C(=O)C[C@@H]1C(=O)N2[C@@H](CC[C@@H]1CO)CC[C@H]2C(=O)NC(C(=O)CCCNC(=O)CCC#CC#CCCC(=O)CC[C@H]1CC[C@H]2CC[C@@H](C(=O)CCc3ccccc3)N2C(=O)[C@H]1NC(=O)[C@H](CC)NC)(c1ccccc1)c1ccccc1. The number of aliphatic hydroxyl groups excluding tert-OH is 1. The largest absolute Gasteiger partial charge is 0.396 e. The molecule has 17 nitrogen and oxygen atoms in total. The van der Waals surface area contributed by atoms with Crippen molar-refractivity contribution in [3.8, 4) is 23.7 Å². The van der Waals surface area contributed by atoms with Gasteiger partial charge in [-0.2, -0.15) is 0 Å². The second kappa shape index (κ2) is 33.0. The molecule has 4 heterocycles. The zero-order chi connectivity index (χ0) is 61.6. The number of aliphatic hydroxyl groups is 1. The van der Waals surface area contributed by atoms with Crippen molar-refractivity contribution in [1.29, 1.82) is 0 Å². The molecule has 0 aromatic heterocycles. The van der Waals surface area contributed by atoms with Crippen LogP contribution in [0.3, 0.4) is 0 Å². The molecule has 4 aliphatic rings. The third-order valence-electron chi connectivity index (χ3n) is 18.3. The van der Waals surface area contributed by atoms with E-state index in [0.29, 0.717) is 88.2 Å². The lowest BCUT2D eigenvalue weighted by Crippen LogP contribution is -2.58. The lowest BCUT2D eigenvalue weighted by Gasteiger charge is -2.38. The number of Topliss-reactive ketones (excluding diaryl/α,β-unsaturated/α-hetero) is 4. The molecule has 3 aromatic rings. The summed E-state index contributed by atoms with van der Waals surface area (Å²) in [6, 6.07) is 24.2. The summed E-state index contributed by atoms with van der Waals surface area (Å²) < 4.78 is 0. The summed E-state index contributed by atoms with van der Waals surface area (Å²) in [7, 11) is 3.41. The summed E-state index contributed by atoms with van der Waals surface area (Å²) in [5.41, 5.74) is 0.492. The molecule has 4 aliphatic heterocycles. The fourth-order valence-corrected chi connectivity index (χ4v) is 13.4. The van der Waals surface area contributed by atoms with Gasteiger partial charge in [0.25, 0.3) is 0 Å². The van der Waals surface area contributed by atoms with Gasteiger partial charge >= 0.3 is 0 Å². The van der Waals surface area contributed by atoms with Crippen molar-refractivity contribution in [3.05, 3.63) is 108 Å². The van der Waals surface area contributed by atoms with E-state index < -0.39 is 53.5 Å². The van der Waals surface area contributed by atoms with Gasteiger partial charge in [0.05, 0.1) is 24.0 Å². The summed E-state index contributed by atoms with van der Waals surface area (Å²) in [5.74, 6) is 7.87. The molecule has 7 rings (SSSR count). The Labute approximate surface area is 508 Å². The number of amides is 5. The van der Waals surface area contributed by atoms with Gasteiger partial charge in [-0.15, -0.1) is 0 Å². The molecule has 10 atom stereocenters. The Hall–Kier alpha value is -7.31. The van der Waals surface area contributed by atoms with E-state index in [9.17, 15) is 48.3 Å². The van der Waals surface area contributed by atoms with Gasteiger partial charge in [0, 0.05) is 76.6 Å². The maximum atomic E-state index is 14.9. The number of nitrogens with one attached hydrogen (secondary N) is 5. The molecule has 17 heteroatoms. The van der Waals surface area contributed by atoms with E-state index in [1.807, 2.05) is 56.3 Å². The van der Waals surface area contributed by atoms with Crippen LogP contribution in [0.1, 0.15) is 159 Å². The second-order valence-corrected chi connectivity index (χ2v) is 23.6. The molecular formula is C69H89N7O10. The number of hydrogen-bond acceptors (Lipinski definition) is 12. The average molecular weight is 1180 g/mol. The molecule has 0 unspecified atom stereocenters. The van der Waals surface area contributed by atoms with E-state index in [1.165, 1.54) is 0 Å². The van der Waals surface area contributed by atoms with Crippen LogP contribution < -0.4 is 26.6 Å². The number of carbonyl (C=O) groups is 9. The van der Waals surface area contributed by atoms with Crippen LogP contribution in [0.25, 0.3) is 0 Å². The summed E-state index contributed by atoms with van der Waals surface area (Å²) in [6.07, 6.45) is 8.31. The van der Waals surface area contributed by atoms with E-state index >= 15 is 0 Å². The minimum atomic E-state index is -1.65. The van der Waals surface area contributed by atoms with Gasteiger partial charge in [-0.1, -0.05) is 117 Å². The molecule has 0 saturated carbocycles. The maximum absolute atomic E-state index is 14.9. The first-order valence-corrected chi connectivity index (χ1v) is 31.4. The molecule has 6 N–H and O–H groups in total. The van der Waals surface area contributed by atoms with Gasteiger partial charge in [-0.25, -0.2) is 0 Å². The lowest BCUT2D eigenvalue weighted by molar-refractivity contribution is -0.146. The van der Waals surface area contributed by atoms with Crippen molar-refractivity contribution in [3.63, 3.8) is 0 Å². The number of hydrogen-bond donors (Lipinski definition) is 6. The lowest BCUT2D eigenvalue weighted by atomic mass is 9.77. The van der Waals surface area contributed by atoms with Crippen molar-refractivity contribution in [2.45, 2.75) is 197 Å². The predicted octanol–water partition coefficient (Wildman–Crippen LogP) is 6.22. The van der Waals surface area contributed by atoms with E-state index in [1.54, 1.807) is 72.4 Å². The van der Waals surface area contributed by atoms with Crippen LogP contribution in [0, 0.1) is 41.4 Å². The minimum Gasteiger partial charge on any atom is -0.396 e. The number of ketones is 4. The molecular weight excluding hydrogens is 1090 g/mol. The summed E-state index contributed by atoms with van der Waals surface area (Å²) in [6.45, 7) is 3.72. The van der Waals surface area contributed by atoms with Crippen molar-refractivity contribution >= 4 is 52.7 Å². The normalized spacial score (nSPS) is 22.5. The van der Waals surface area contributed by atoms with E-state index in [4.69, 9.17) is 0 Å². The highest BCUT2D eigenvalue weighted by molar-refractivity contribution is 6.00. The Bertz CT molecular complexity index is 2900. The van der Waals surface area contributed by atoms with E-state index in [2.05, 4.69) is 50.3 Å². The van der Waals surface area contributed by atoms with E-state index in [0.717, 1.165) is 12.0 Å². The summed E-state index contributed by atoms with van der Waals surface area (Å²) >= 11 is 0. The highest BCUT2D eigenvalue weighted by atomic mass is 16.3. The monoisotopic (exact) mass is 1180 g/mol. The first-order valence-electron chi connectivity index (χ1n) is 31.4. The molecule has 0 radical (unpaired) electrons. The topological polar surface area (TPSA) is 240 Å². The Morgan fingerprint density at radius 3 is 1.79 bits per heavy atom. The number of fused-ring (bicyclic) bond motifs is 2. The van der Waals surface area contributed by atoms with E-state index in [-0.39, 0.29) is 129 Å². The second-order valence-electron chi connectivity index (χ2n) is 23.6. The van der Waals surface area contributed by atoms with Crippen LogP contribution in [0.4, 0.5) is 0 Å². The number of nitrogens with zero attached hydrogens (tertiary/aromatic N) is 2. The zero-order valence-corrected chi connectivity index (χ0v) is 50.7. The highest BCUT2D eigenvalue weighted by Gasteiger charge is 2.51. The molecule has 3 aromatic carbocycles. The first-order chi connectivity index (χ1) is 41.7. The van der Waals surface area contributed by atoms with Gasteiger partial charge < -0.3 is 41.5 Å². The quantitative estimate of drug-likeness (QED) is 0.0322. The third-order valence-corrected chi connectivity index (χ3v) is 18.3. The molecule has 5 amide bonds. The van der Waals surface area contributed by atoms with Crippen LogP contribution in [-0.2, 0) is 55.1 Å². The molecule has 86 heavy (non-hydrogen) atoms. The summed E-state index contributed by atoms with van der Waals surface area (Å²) in [5, 5.41) is 25.6. The predicted molar refractivity (Wildman–Crippen MR) is 328 cm³/mol. The number of aryl methyl sites for hydroxylation is 1. The average Bonchev–Trinajstić information content (AvgIpc) is 1.38. The minimum absolute atomic E-state index is 0.0139. The van der Waals surface area contributed by atoms with Crippen LogP contribution >= 0.6 is 0 Å². The number of carbonyl (C=O) groups excluding carboxylic acids is 9. The number of likely N-dealkylation sites (N-methyl/N-ethyl adjacent to an activating group) is 2. The van der Waals surface area contributed by atoms with Gasteiger partial charge in [-0.05, 0) is 138 Å². The van der Waals surface area contributed by atoms with Gasteiger partial charge in [0.1, 0.15) is 23.4 Å². The fraction of sp³-hybridized carbons (Fsp3) is 0.551. The smallest absolute Gasteiger partial charge is 0.246 e. The van der Waals surface area contributed by atoms with Crippen molar-refractivity contribution in [2.75, 3.05) is 27.2 Å². The van der Waals surface area contributed by atoms with Gasteiger partial charge in [0.2, 0.25) is 29.5 Å².